The summed E-state index contributed by atoms with van der Waals surface area (Å²) in [5.74, 6) is 1.52. The average molecular weight is 443 g/mol. The lowest BCUT2D eigenvalue weighted by Gasteiger charge is -2.45. The Bertz CT molecular complexity index is 906. The molecule has 7 heteroatoms. The molecule has 2 aliphatic rings. The minimum atomic E-state index is -0.499. The van der Waals surface area contributed by atoms with Crippen molar-refractivity contribution in [3.63, 3.8) is 0 Å². The van der Waals surface area contributed by atoms with Gasteiger partial charge in [-0.1, -0.05) is 26.0 Å². The van der Waals surface area contributed by atoms with Crippen molar-refractivity contribution >= 4 is 16.9 Å². The maximum atomic E-state index is 13.0. The number of likely N-dealkylation sites (N-methyl/N-ethyl adjacent to an activating group) is 1. The normalized spacial score (nSPS) is 24.8. The van der Waals surface area contributed by atoms with Gasteiger partial charge in [0.05, 0.1) is 36.4 Å². The first-order valence-corrected chi connectivity index (χ1v) is 12.2. The Morgan fingerprint density at radius 2 is 2.00 bits per heavy atom. The number of ether oxygens (including phenoxy) is 1. The monoisotopic (exact) mass is 442 g/mol. The molecule has 2 fully saturated rings. The number of para-hydroxylation sites is 2. The predicted molar refractivity (Wildman–Crippen MR) is 126 cm³/mol. The Morgan fingerprint density at radius 3 is 2.75 bits per heavy atom. The highest BCUT2D eigenvalue weighted by Gasteiger charge is 2.38. The summed E-state index contributed by atoms with van der Waals surface area (Å²) in [7, 11) is 1.87. The highest BCUT2D eigenvalue weighted by molar-refractivity contribution is 5.77. The van der Waals surface area contributed by atoms with Crippen LogP contribution >= 0.6 is 0 Å². The summed E-state index contributed by atoms with van der Waals surface area (Å²) >= 11 is 0. The molecule has 176 valence electrons. The van der Waals surface area contributed by atoms with E-state index in [9.17, 15) is 9.90 Å². The summed E-state index contributed by atoms with van der Waals surface area (Å²) in [5, 5.41) is 11.1. The van der Waals surface area contributed by atoms with Crippen LogP contribution in [0.15, 0.2) is 24.3 Å². The van der Waals surface area contributed by atoms with E-state index in [-0.39, 0.29) is 18.0 Å². The number of rotatable bonds is 7. The van der Waals surface area contributed by atoms with Gasteiger partial charge < -0.3 is 19.3 Å². The van der Waals surface area contributed by atoms with Crippen LogP contribution in [0.1, 0.15) is 57.7 Å². The number of carbonyl (C=O) groups is 1. The van der Waals surface area contributed by atoms with Gasteiger partial charge in [0.15, 0.2) is 0 Å². The second kappa shape index (κ2) is 10.3. The number of aliphatic hydroxyl groups is 1. The number of fused-ring (bicyclic) bond motifs is 1. The molecular weight excluding hydrogens is 404 g/mol. The first-order valence-electron chi connectivity index (χ1n) is 12.2. The van der Waals surface area contributed by atoms with E-state index in [1.807, 2.05) is 30.1 Å². The first-order chi connectivity index (χ1) is 15.5. The van der Waals surface area contributed by atoms with Gasteiger partial charge in [0.1, 0.15) is 5.82 Å². The third-order valence-electron chi connectivity index (χ3n) is 7.17. The van der Waals surface area contributed by atoms with Gasteiger partial charge >= 0.3 is 0 Å². The lowest BCUT2D eigenvalue weighted by atomic mass is 9.86. The molecule has 3 atom stereocenters. The van der Waals surface area contributed by atoms with E-state index in [1.54, 1.807) is 0 Å². The van der Waals surface area contributed by atoms with Crippen molar-refractivity contribution in [1.29, 1.82) is 0 Å². The molecule has 32 heavy (non-hydrogen) atoms. The SMILES string of the molecule is CC(C)c1nc2ccccc2n1CCCC(=O)N(C)[C@@H]1CCC[C@@H](N2CCOCC2)[C@@H]1O. The highest BCUT2D eigenvalue weighted by Crippen LogP contribution is 2.28. The van der Waals surface area contributed by atoms with Crippen LogP contribution in [0.2, 0.25) is 0 Å². The Morgan fingerprint density at radius 1 is 1.25 bits per heavy atom. The smallest absolute Gasteiger partial charge is 0.222 e. The minimum Gasteiger partial charge on any atom is -0.389 e. The lowest BCUT2D eigenvalue weighted by molar-refractivity contribution is -0.138. The second-order valence-corrected chi connectivity index (χ2v) is 9.58. The molecule has 0 unspecified atom stereocenters. The van der Waals surface area contributed by atoms with Crippen molar-refractivity contribution < 1.29 is 14.6 Å². The van der Waals surface area contributed by atoms with Gasteiger partial charge in [-0.25, -0.2) is 4.98 Å². The summed E-state index contributed by atoms with van der Waals surface area (Å²) in [6.07, 6.45) is 3.64. The standard InChI is InChI=1S/C25H38N4O3/c1-18(2)25-26-19-8-4-5-9-20(19)29(25)13-7-12-23(30)27(3)21-10-6-11-22(24(21)31)28-14-16-32-17-15-28/h4-5,8-9,18,21-22,24,31H,6-7,10-17H2,1-3H3/t21-,22-,24-/m1/s1. The van der Waals surface area contributed by atoms with E-state index in [0.717, 1.165) is 75.4 Å². The van der Waals surface area contributed by atoms with Crippen molar-refractivity contribution in [3.05, 3.63) is 30.1 Å². The van der Waals surface area contributed by atoms with Crippen LogP contribution in [0.3, 0.4) is 0 Å². The van der Waals surface area contributed by atoms with Crippen LogP contribution in [-0.2, 0) is 16.1 Å². The summed E-state index contributed by atoms with van der Waals surface area (Å²) < 4.78 is 7.73. The molecule has 2 aromatic rings. The molecule has 4 rings (SSSR count). The summed E-state index contributed by atoms with van der Waals surface area (Å²) in [6.45, 7) is 8.27. The number of amides is 1. The van der Waals surface area contributed by atoms with Gasteiger partial charge in [0.25, 0.3) is 0 Å². The van der Waals surface area contributed by atoms with E-state index in [4.69, 9.17) is 9.72 Å². The Balaban J connectivity index is 1.36. The summed E-state index contributed by atoms with van der Waals surface area (Å²) in [6, 6.07) is 8.22. The third-order valence-corrected chi connectivity index (χ3v) is 7.17. The molecule has 0 bridgehead atoms. The fourth-order valence-electron chi connectivity index (χ4n) is 5.38. The molecule has 0 spiro atoms. The maximum Gasteiger partial charge on any atom is 0.222 e. The van der Waals surface area contributed by atoms with Gasteiger partial charge in [0, 0.05) is 45.1 Å². The summed E-state index contributed by atoms with van der Waals surface area (Å²) in [4.78, 5) is 22.0. The number of aliphatic hydroxyl groups excluding tert-OH is 1. The van der Waals surface area contributed by atoms with Gasteiger partial charge in [-0.15, -0.1) is 0 Å². The van der Waals surface area contributed by atoms with E-state index < -0.39 is 6.10 Å². The van der Waals surface area contributed by atoms with Gasteiger partial charge in [0.2, 0.25) is 5.91 Å². The third kappa shape index (κ3) is 4.85. The van der Waals surface area contributed by atoms with Crippen molar-refractivity contribution in [2.24, 2.45) is 0 Å². The maximum absolute atomic E-state index is 13.0. The highest BCUT2D eigenvalue weighted by atomic mass is 16.5. The number of benzene rings is 1. The molecule has 1 aromatic heterocycles. The molecule has 1 saturated heterocycles. The fraction of sp³-hybridized carbons (Fsp3) is 0.680. The number of morpholine rings is 1. The van der Waals surface area contributed by atoms with E-state index in [0.29, 0.717) is 12.3 Å². The zero-order valence-corrected chi connectivity index (χ0v) is 19.7. The summed E-state index contributed by atoms with van der Waals surface area (Å²) in [5.41, 5.74) is 2.15. The van der Waals surface area contributed by atoms with Gasteiger partial charge in [-0.05, 0) is 37.8 Å². The minimum absolute atomic E-state index is 0.107. The van der Waals surface area contributed by atoms with E-state index in [2.05, 4.69) is 29.4 Å². The van der Waals surface area contributed by atoms with Crippen molar-refractivity contribution in [1.82, 2.24) is 19.4 Å². The predicted octanol–water partition coefficient (Wildman–Crippen LogP) is 3.01. The zero-order chi connectivity index (χ0) is 22.7. The number of hydrogen-bond acceptors (Lipinski definition) is 5. The van der Waals surface area contributed by atoms with Crippen LogP contribution < -0.4 is 0 Å². The number of aromatic nitrogens is 2. The number of nitrogens with zero attached hydrogens (tertiary/aromatic N) is 4. The van der Waals surface area contributed by atoms with Crippen molar-refractivity contribution in [2.75, 3.05) is 33.4 Å². The molecule has 2 heterocycles. The van der Waals surface area contributed by atoms with Crippen molar-refractivity contribution in [2.45, 2.75) is 76.6 Å². The van der Waals surface area contributed by atoms with Gasteiger partial charge in [-0.2, -0.15) is 0 Å². The molecule has 1 amide bonds. The second-order valence-electron chi connectivity index (χ2n) is 9.58. The molecule has 1 aliphatic carbocycles. The Labute approximate surface area is 191 Å². The van der Waals surface area contributed by atoms with Crippen LogP contribution in [-0.4, -0.2) is 81.9 Å². The van der Waals surface area contributed by atoms with Crippen LogP contribution in [0.25, 0.3) is 11.0 Å². The van der Waals surface area contributed by atoms with Crippen LogP contribution in [0.5, 0.6) is 0 Å². The van der Waals surface area contributed by atoms with Crippen molar-refractivity contribution in [3.8, 4) is 0 Å². The molecule has 1 aromatic carbocycles. The molecular formula is C25H38N4O3. The zero-order valence-electron chi connectivity index (χ0n) is 19.7. The molecule has 0 radical (unpaired) electrons. The van der Waals surface area contributed by atoms with E-state index >= 15 is 0 Å². The lowest BCUT2D eigenvalue weighted by Crippen LogP contribution is -2.58. The first kappa shape index (κ1) is 23.2. The molecule has 1 saturated carbocycles. The Hall–Kier alpha value is -1.96. The number of carbonyl (C=O) groups excluding carboxylic acids is 1. The van der Waals surface area contributed by atoms with Gasteiger partial charge in [-0.3, -0.25) is 9.69 Å². The Kier molecular flexibility index (Phi) is 7.48. The molecule has 1 aliphatic heterocycles. The fourth-order valence-corrected chi connectivity index (χ4v) is 5.38. The average Bonchev–Trinajstić information content (AvgIpc) is 3.18. The number of imidazole rings is 1. The quantitative estimate of drug-likeness (QED) is 0.714. The molecule has 7 nitrogen and oxygen atoms in total. The number of aryl methyl sites for hydroxylation is 1. The largest absolute Gasteiger partial charge is 0.389 e. The van der Waals surface area contributed by atoms with Crippen LogP contribution in [0, 0.1) is 0 Å². The van der Waals surface area contributed by atoms with E-state index in [1.165, 1.54) is 0 Å². The number of hydrogen-bond donors (Lipinski definition) is 1. The van der Waals surface area contributed by atoms with Crippen LogP contribution in [0.4, 0.5) is 0 Å². The molecule has 1 N–H and O–H groups in total. The topological polar surface area (TPSA) is 70.8 Å².